The maximum atomic E-state index is 8.78. The summed E-state index contributed by atoms with van der Waals surface area (Å²) in [7, 11) is 1.61. The molecule has 0 aliphatic heterocycles. The molecule has 3 N–H and O–H groups in total. The topological polar surface area (TPSA) is 84.0 Å². The molecule has 0 saturated carbocycles. The van der Waals surface area contributed by atoms with Gasteiger partial charge in [-0.2, -0.15) is 5.26 Å². The van der Waals surface area contributed by atoms with E-state index < -0.39 is 0 Å². The summed E-state index contributed by atoms with van der Waals surface area (Å²) >= 11 is 0. The molecule has 0 atom stereocenters. The molecule has 0 bridgehead atoms. The van der Waals surface area contributed by atoms with Gasteiger partial charge >= 0.3 is 0 Å². The molecule has 0 fully saturated rings. The van der Waals surface area contributed by atoms with Crippen molar-refractivity contribution >= 4 is 11.4 Å². The van der Waals surface area contributed by atoms with E-state index in [1.165, 1.54) is 12.4 Å². The van der Waals surface area contributed by atoms with E-state index in [0.717, 1.165) is 0 Å². The van der Waals surface area contributed by atoms with Gasteiger partial charge in [0.05, 0.1) is 29.7 Å². The minimum absolute atomic E-state index is 0.445. The van der Waals surface area contributed by atoms with Crippen LogP contribution in [0.1, 0.15) is 5.56 Å². The minimum Gasteiger partial charge on any atom is -0.396 e. The van der Waals surface area contributed by atoms with Gasteiger partial charge in [0.25, 0.3) is 0 Å². The van der Waals surface area contributed by atoms with Crippen molar-refractivity contribution in [1.82, 2.24) is 4.98 Å². The molecular formula is C9H12N4O. The van der Waals surface area contributed by atoms with Crippen LogP contribution in [0.25, 0.3) is 0 Å². The van der Waals surface area contributed by atoms with E-state index in [9.17, 15) is 0 Å². The Bertz CT molecular complexity index is 345. The smallest absolute Gasteiger partial charge is 0.103 e. The van der Waals surface area contributed by atoms with Crippen molar-refractivity contribution < 1.29 is 4.74 Å². The molecule has 0 spiro atoms. The lowest BCUT2D eigenvalue weighted by Crippen LogP contribution is -2.10. The molecule has 0 unspecified atom stereocenters. The van der Waals surface area contributed by atoms with Crippen LogP contribution in [-0.2, 0) is 4.74 Å². The number of nitrogens with zero attached hydrogens (tertiary/aromatic N) is 2. The number of pyridine rings is 1. The lowest BCUT2D eigenvalue weighted by Gasteiger charge is -2.09. The second-order valence-corrected chi connectivity index (χ2v) is 2.68. The predicted molar refractivity (Wildman–Crippen MR) is 53.7 cm³/mol. The van der Waals surface area contributed by atoms with E-state index in [1.807, 2.05) is 6.07 Å². The van der Waals surface area contributed by atoms with Crippen LogP contribution in [0.15, 0.2) is 12.4 Å². The Morgan fingerprint density at radius 3 is 3.07 bits per heavy atom. The summed E-state index contributed by atoms with van der Waals surface area (Å²) in [6, 6.07) is 2.02. The lowest BCUT2D eigenvalue weighted by atomic mass is 10.2. The van der Waals surface area contributed by atoms with Crippen LogP contribution in [-0.4, -0.2) is 25.2 Å². The van der Waals surface area contributed by atoms with Crippen molar-refractivity contribution in [2.45, 2.75) is 0 Å². The number of hydrogen-bond acceptors (Lipinski definition) is 5. The van der Waals surface area contributed by atoms with Crippen molar-refractivity contribution in [3.63, 3.8) is 0 Å². The zero-order valence-corrected chi connectivity index (χ0v) is 7.95. The Kier molecular flexibility index (Phi) is 3.70. The summed E-state index contributed by atoms with van der Waals surface area (Å²) in [4.78, 5) is 3.83. The predicted octanol–water partition coefficient (Wildman–Crippen LogP) is 0.594. The van der Waals surface area contributed by atoms with Crippen LogP contribution in [0.4, 0.5) is 11.4 Å². The summed E-state index contributed by atoms with van der Waals surface area (Å²) in [6.45, 7) is 1.17. The number of ether oxygens (including phenoxy) is 1. The van der Waals surface area contributed by atoms with E-state index >= 15 is 0 Å². The molecule has 0 aliphatic carbocycles. The fourth-order valence-electron chi connectivity index (χ4n) is 1.04. The largest absolute Gasteiger partial charge is 0.396 e. The van der Waals surface area contributed by atoms with Gasteiger partial charge < -0.3 is 15.8 Å². The number of anilines is 2. The van der Waals surface area contributed by atoms with Crippen LogP contribution >= 0.6 is 0 Å². The zero-order chi connectivity index (χ0) is 10.4. The van der Waals surface area contributed by atoms with Gasteiger partial charge in [-0.1, -0.05) is 0 Å². The summed E-state index contributed by atoms with van der Waals surface area (Å²) < 4.78 is 4.88. The standard InChI is InChI=1S/C9H12N4O/c1-14-3-2-13-9-7(4-10)5-12-6-8(9)11/h5-6H,2-3,11H2,1H3,(H,12,13). The van der Waals surface area contributed by atoms with Gasteiger partial charge in [-0.25, -0.2) is 0 Å². The number of nitrogen functional groups attached to an aromatic ring is 1. The molecule has 14 heavy (non-hydrogen) atoms. The van der Waals surface area contributed by atoms with Crippen LogP contribution in [0, 0.1) is 11.3 Å². The Labute approximate surface area is 82.5 Å². The fourth-order valence-corrected chi connectivity index (χ4v) is 1.04. The number of hydrogen-bond donors (Lipinski definition) is 2. The third-order valence-electron chi connectivity index (χ3n) is 1.70. The molecule has 1 heterocycles. The fraction of sp³-hybridized carbons (Fsp3) is 0.333. The zero-order valence-electron chi connectivity index (χ0n) is 7.95. The molecule has 5 heteroatoms. The second-order valence-electron chi connectivity index (χ2n) is 2.68. The van der Waals surface area contributed by atoms with Crippen LogP contribution < -0.4 is 11.1 Å². The highest BCUT2D eigenvalue weighted by atomic mass is 16.5. The van der Waals surface area contributed by atoms with Gasteiger partial charge in [-0.15, -0.1) is 0 Å². The molecule has 0 aliphatic rings. The summed E-state index contributed by atoms with van der Waals surface area (Å²) in [6.07, 6.45) is 2.99. The van der Waals surface area contributed by atoms with Crippen LogP contribution in [0.2, 0.25) is 0 Å². The normalized spacial score (nSPS) is 9.43. The van der Waals surface area contributed by atoms with Crippen molar-refractivity contribution in [1.29, 1.82) is 5.26 Å². The third-order valence-corrected chi connectivity index (χ3v) is 1.70. The Morgan fingerprint density at radius 2 is 2.43 bits per heavy atom. The molecule has 1 aromatic rings. The van der Waals surface area contributed by atoms with Crippen LogP contribution in [0.5, 0.6) is 0 Å². The SMILES string of the molecule is COCCNc1c(N)cncc1C#N. The first-order valence-electron chi connectivity index (χ1n) is 4.16. The number of nitriles is 1. The van der Waals surface area contributed by atoms with Crippen molar-refractivity contribution in [3.8, 4) is 6.07 Å². The van der Waals surface area contributed by atoms with Gasteiger partial charge in [0.15, 0.2) is 0 Å². The molecule has 1 aromatic heterocycles. The first-order chi connectivity index (χ1) is 6.79. The molecule has 5 nitrogen and oxygen atoms in total. The van der Waals surface area contributed by atoms with Crippen molar-refractivity contribution in [2.24, 2.45) is 0 Å². The number of aromatic nitrogens is 1. The van der Waals surface area contributed by atoms with Gasteiger partial charge in [-0.3, -0.25) is 4.98 Å². The minimum atomic E-state index is 0.445. The van der Waals surface area contributed by atoms with Gasteiger partial charge in [-0.05, 0) is 0 Å². The molecular weight excluding hydrogens is 180 g/mol. The highest BCUT2D eigenvalue weighted by molar-refractivity contribution is 5.71. The van der Waals surface area contributed by atoms with Gasteiger partial charge in [0.2, 0.25) is 0 Å². The molecule has 1 rings (SSSR count). The van der Waals surface area contributed by atoms with Crippen molar-refractivity contribution in [3.05, 3.63) is 18.0 Å². The van der Waals surface area contributed by atoms with E-state index in [-0.39, 0.29) is 0 Å². The quantitative estimate of drug-likeness (QED) is 0.682. The molecule has 0 saturated heterocycles. The maximum absolute atomic E-state index is 8.78. The Balaban J connectivity index is 2.78. The number of nitrogens with one attached hydrogen (secondary N) is 1. The average molecular weight is 192 g/mol. The Hall–Kier alpha value is -1.80. The lowest BCUT2D eigenvalue weighted by molar-refractivity contribution is 0.211. The number of rotatable bonds is 4. The maximum Gasteiger partial charge on any atom is 0.103 e. The summed E-state index contributed by atoms with van der Waals surface area (Å²) in [5.41, 5.74) is 7.20. The highest BCUT2D eigenvalue weighted by Gasteiger charge is 2.04. The molecule has 0 aromatic carbocycles. The molecule has 0 amide bonds. The first kappa shape index (κ1) is 10.3. The summed E-state index contributed by atoms with van der Waals surface area (Å²) in [5, 5.41) is 11.8. The molecule has 0 radical (unpaired) electrons. The summed E-state index contributed by atoms with van der Waals surface area (Å²) in [5.74, 6) is 0. The van der Waals surface area contributed by atoms with Crippen LogP contribution in [0.3, 0.4) is 0 Å². The first-order valence-corrected chi connectivity index (χ1v) is 4.16. The molecule has 74 valence electrons. The average Bonchev–Trinajstić information content (AvgIpc) is 2.20. The van der Waals surface area contributed by atoms with E-state index in [0.29, 0.717) is 30.1 Å². The third kappa shape index (κ3) is 2.34. The highest BCUT2D eigenvalue weighted by Crippen LogP contribution is 2.20. The van der Waals surface area contributed by atoms with E-state index in [4.69, 9.17) is 15.7 Å². The Morgan fingerprint density at radius 1 is 1.64 bits per heavy atom. The van der Waals surface area contributed by atoms with E-state index in [2.05, 4.69) is 10.3 Å². The number of nitrogens with two attached hydrogens (primary N) is 1. The van der Waals surface area contributed by atoms with Gasteiger partial charge in [0.1, 0.15) is 6.07 Å². The second kappa shape index (κ2) is 5.04. The monoisotopic (exact) mass is 192 g/mol. The number of methoxy groups -OCH3 is 1. The van der Waals surface area contributed by atoms with E-state index in [1.54, 1.807) is 7.11 Å². The van der Waals surface area contributed by atoms with Crippen molar-refractivity contribution in [2.75, 3.05) is 31.3 Å². The van der Waals surface area contributed by atoms with Gasteiger partial charge in [0, 0.05) is 19.9 Å².